The van der Waals surface area contributed by atoms with E-state index in [1.165, 1.54) is 14.2 Å². The van der Waals surface area contributed by atoms with Crippen molar-refractivity contribution in [2.45, 2.75) is 71.5 Å². The summed E-state index contributed by atoms with van der Waals surface area (Å²) in [5.74, 6) is 0.921. The minimum absolute atomic E-state index is 0.00764. The summed E-state index contributed by atoms with van der Waals surface area (Å²) in [5, 5.41) is 5.41. The first-order chi connectivity index (χ1) is 27.3. The van der Waals surface area contributed by atoms with E-state index in [1.807, 2.05) is 37.5 Å². The Balaban J connectivity index is 1.14. The highest BCUT2D eigenvalue weighted by Crippen LogP contribution is 2.37. The van der Waals surface area contributed by atoms with Gasteiger partial charge in [-0.2, -0.15) is 0 Å². The molecule has 14 nitrogen and oxygen atoms in total. The smallest absolute Gasteiger partial charge is 0.407 e. The van der Waals surface area contributed by atoms with E-state index >= 15 is 0 Å². The number of amides is 4. The van der Waals surface area contributed by atoms with Crippen LogP contribution in [0.1, 0.15) is 77.1 Å². The largest absolute Gasteiger partial charge is 0.453 e. The predicted molar refractivity (Wildman–Crippen MR) is 233 cm³/mol. The molecule has 304 valence electrons. The predicted octanol–water partition coefficient (Wildman–Crippen LogP) is 7.68. The average Bonchev–Trinajstić information content (AvgIpc) is 4.03. The van der Waals surface area contributed by atoms with E-state index in [4.69, 9.17) is 19.4 Å². The number of ether oxygens (including phenoxy) is 2. The summed E-state index contributed by atoms with van der Waals surface area (Å²) in [4.78, 5) is 71.7. The molecule has 2 aromatic carbocycles. The number of H-pyrrole nitrogens is 2. The van der Waals surface area contributed by atoms with Crippen molar-refractivity contribution in [1.29, 1.82) is 0 Å². The molecule has 0 spiro atoms. The van der Waals surface area contributed by atoms with E-state index in [1.54, 1.807) is 0 Å². The summed E-state index contributed by atoms with van der Waals surface area (Å²) in [7, 11) is 2.61. The molecule has 4 aromatic rings. The van der Waals surface area contributed by atoms with Gasteiger partial charge in [-0.1, -0.05) is 76.2 Å². The van der Waals surface area contributed by atoms with Gasteiger partial charge in [0, 0.05) is 30.8 Å². The summed E-state index contributed by atoms with van der Waals surface area (Å²) < 4.78 is 11.3. The lowest BCUT2D eigenvalue weighted by Gasteiger charge is -2.29. The van der Waals surface area contributed by atoms with Gasteiger partial charge >= 0.3 is 12.2 Å². The number of aromatic nitrogens is 4. The molecule has 0 saturated carbocycles. The second-order valence-corrected chi connectivity index (χ2v) is 17.3. The molecule has 0 radical (unpaired) electrons. The number of aromatic amines is 2. The van der Waals surface area contributed by atoms with Crippen LogP contribution in [0.25, 0.3) is 33.6 Å². The molecule has 4 N–H and O–H groups in total. The van der Waals surface area contributed by atoms with Crippen molar-refractivity contribution < 1.29 is 28.7 Å². The topological polar surface area (TPSA) is 175 Å². The Kier molecular flexibility index (Phi) is 13.8. The third-order valence-electron chi connectivity index (χ3n) is 10.9. The number of hydrogen-bond donors (Lipinski definition) is 4. The zero-order valence-electron chi connectivity index (χ0n) is 33.0. The Morgan fingerprint density at radius 3 is 1.56 bits per heavy atom. The molecule has 57 heavy (non-hydrogen) atoms. The first-order valence-corrected chi connectivity index (χ1v) is 21.5. The number of hydrogen-bond acceptors (Lipinski definition) is 8. The highest BCUT2D eigenvalue weighted by atomic mass is 127. The fraction of sp³-hybridized carbons (Fsp3) is 0.463. The zero-order valence-corrected chi connectivity index (χ0v) is 37.3. The van der Waals surface area contributed by atoms with Crippen LogP contribution in [0.4, 0.5) is 9.59 Å². The van der Waals surface area contributed by atoms with Crippen LogP contribution in [0.15, 0.2) is 48.5 Å². The van der Waals surface area contributed by atoms with Gasteiger partial charge in [0.25, 0.3) is 0 Å². The monoisotopic (exact) mass is 1000 g/mol. The Hall–Kier alpha value is -4.20. The van der Waals surface area contributed by atoms with Crippen LogP contribution >= 0.6 is 45.2 Å². The van der Waals surface area contributed by atoms with Crippen LogP contribution in [0, 0.1) is 25.2 Å². The third-order valence-corrected chi connectivity index (χ3v) is 12.4. The maximum Gasteiger partial charge on any atom is 0.407 e. The second kappa shape index (κ2) is 18.6. The molecular formula is C41H50I2N8O6. The summed E-state index contributed by atoms with van der Waals surface area (Å²) in [5.41, 5.74) is 5.71. The van der Waals surface area contributed by atoms with E-state index < -0.39 is 18.2 Å². The minimum atomic E-state index is -0.693. The quantitative estimate of drug-likeness (QED) is 0.105. The van der Waals surface area contributed by atoms with Crippen LogP contribution in [-0.2, 0) is 19.1 Å². The van der Waals surface area contributed by atoms with Crippen molar-refractivity contribution in [3.63, 3.8) is 0 Å². The van der Waals surface area contributed by atoms with E-state index in [-0.39, 0.29) is 48.2 Å². The van der Waals surface area contributed by atoms with E-state index in [9.17, 15) is 19.2 Å². The van der Waals surface area contributed by atoms with Crippen molar-refractivity contribution in [2.75, 3.05) is 33.9 Å². The molecule has 16 heteroatoms. The number of benzene rings is 2. The van der Waals surface area contributed by atoms with Crippen LogP contribution in [0.2, 0.25) is 0 Å². The fourth-order valence-electron chi connectivity index (χ4n) is 7.67. The number of carbonyl (C=O) groups is 4. The molecule has 4 heterocycles. The summed E-state index contributed by atoms with van der Waals surface area (Å²) in [6.45, 7) is 9.23. The number of nitrogens with zero attached hydrogens (tertiary/aromatic N) is 4. The van der Waals surface area contributed by atoms with Gasteiger partial charge in [-0.3, -0.25) is 9.59 Å². The van der Waals surface area contributed by atoms with E-state index in [0.717, 1.165) is 78.4 Å². The lowest BCUT2D eigenvalue weighted by molar-refractivity contribution is -0.138. The van der Waals surface area contributed by atoms with Crippen molar-refractivity contribution >= 4 is 69.2 Å². The van der Waals surface area contributed by atoms with E-state index in [2.05, 4.69) is 114 Å². The Bertz CT molecular complexity index is 2070. The lowest BCUT2D eigenvalue weighted by atomic mass is 9.94. The standard InChI is InChI=1S/C41H50I2N8O6/c1-22(2)28(21-44-40(54)56-5)38(52)50-19-7-9-29(50)36-45-32(34(42)48-36)26-15-11-24(12-16-26)25-13-17-27(18-14-25)33-35(43)49-37(46-33)30-10-8-20-51(30)39(53)31(23(3)4)47-41(55)57-6/h11-18,22-23,28-31H,7-10,19-21H2,1-6H3,(H,44,54)(H,45,48)(H,46,49)(H,47,55)/t28-,29?,30?,31-/m0/s1. The number of alkyl carbamates (subject to hydrolysis) is 2. The number of carbonyl (C=O) groups excluding carboxylic acids is 4. The van der Waals surface area contributed by atoms with Crippen molar-refractivity contribution in [3.8, 4) is 33.6 Å². The van der Waals surface area contributed by atoms with Gasteiger partial charge in [0.2, 0.25) is 11.8 Å². The van der Waals surface area contributed by atoms with Gasteiger partial charge in [-0.05, 0) is 93.8 Å². The number of halogens is 2. The molecule has 2 aliphatic heterocycles. The molecule has 0 aliphatic carbocycles. The minimum Gasteiger partial charge on any atom is -0.453 e. The molecule has 2 fully saturated rings. The molecular weight excluding hydrogens is 954 g/mol. The summed E-state index contributed by atoms with van der Waals surface area (Å²) in [6.07, 6.45) is 2.14. The Labute approximate surface area is 360 Å². The Morgan fingerprint density at radius 2 is 1.14 bits per heavy atom. The van der Waals surface area contributed by atoms with Crippen molar-refractivity contribution in [3.05, 3.63) is 67.6 Å². The molecule has 2 unspecified atom stereocenters. The second-order valence-electron chi connectivity index (χ2n) is 15.2. The maximum absolute atomic E-state index is 13.7. The molecule has 0 bridgehead atoms. The first-order valence-electron chi connectivity index (χ1n) is 19.3. The molecule has 2 saturated heterocycles. The molecule has 2 aromatic heterocycles. The number of imidazole rings is 2. The van der Waals surface area contributed by atoms with E-state index in [0.29, 0.717) is 13.1 Å². The Morgan fingerprint density at radius 1 is 0.702 bits per heavy atom. The van der Waals surface area contributed by atoms with Crippen LogP contribution < -0.4 is 10.6 Å². The van der Waals surface area contributed by atoms with Gasteiger partial charge in [0.15, 0.2) is 0 Å². The number of nitrogens with one attached hydrogen (secondary N) is 4. The molecule has 4 atom stereocenters. The van der Waals surface area contributed by atoms with Gasteiger partial charge in [0.1, 0.15) is 36.5 Å². The van der Waals surface area contributed by atoms with Crippen molar-refractivity contribution in [2.24, 2.45) is 17.8 Å². The van der Waals surface area contributed by atoms with Crippen molar-refractivity contribution in [1.82, 2.24) is 40.4 Å². The number of methoxy groups -OCH3 is 2. The molecule has 6 rings (SSSR count). The highest BCUT2D eigenvalue weighted by Gasteiger charge is 2.39. The third kappa shape index (κ3) is 9.42. The molecule has 4 amide bonds. The van der Waals surface area contributed by atoms with Crippen LogP contribution in [0.3, 0.4) is 0 Å². The van der Waals surface area contributed by atoms with Gasteiger partial charge in [-0.15, -0.1) is 0 Å². The fourth-order valence-corrected chi connectivity index (χ4v) is 9.09. The average molecular weight is 1000 g/mol. The molecule has 2 aliphatic rings. The highest BCUT2D eigenvalue weighted by molar-refractivity contribution is 14.1. The van der Waals surface area contributed by atoms with Gasteiger partial charge < -0.3 is 39.9 Å². The zero-order chi connectivity index (χ0) is 41.0. The normalized spacial score (nSPS) is 17.9. The SMILES string of the molecule is COC(=O)NC[C@H](C(=O)N1CCCC1c1nc(-c2ccc(-c3ccc(-c4nc(C5CCCN5C(=O)[C@@H](NC(=O)OC)C(C)C)[nH]c4I)cc3)cc2)c(I)[nH]1)C(C)C. The van der Waals surface area contributed by atoms with Crippen LogP contribution in [0.5, 0.6) is 0 Å². The summed E-state index contributed by atoms with van der Waals surface area (Å²) >= 11 is 4.53. The van der Waals surface area contributed by atoms with Crippen LogP contribution in [-0.4, -0.2) is 93.6 Å². The van der Waals surface area contributed by atoms with Gasteiger partial charge in [-0.25, -0.2) is 19.6 Å². The lowest BCUT2D eigenvalue weighted by Crippen LogP contribution is -2.51. The first kappa shape index (κ1) is 42.4. The van der Waals surface area contributed by atoms with Gasteiger partial charge in [0.05, 0.1) is 32.2 Å². The maximum atomic E-state index is 13.7. The summed E-state index contributed by atoms with van der Waals surface area (Å²) in [6, 6.07) is 15.5. The number of likely N-dealkylation sites (tertiary alicyclic amines) is 2. The number of rotatable bonds is 12.